The Morgan fingerprint density at radius 3 is 2.16 bits per heavy atom. The first kappa shape index (κ1) is 14.3. The molecule has 4 nitrogen and oxygen atoms in total. The molecule has 0 aliphatic heterocycles. The van der Waals surface area contributed by atoms with Gasteiger partial charge in [-0.2, -0.15) is 0 Å². The van der Waals surface area contributed by atoms with E-state index in [1.807, 2.05) is 26.0 Å². The first-order valence-corrected chi connectivity index (χ1v) is 8.20. The second-order valence-corrected chi connectivity index (χ2v) is 7.55. The van der Waals surface area contributed by atoms with Crippen LogP contribution in [0.4, 0.5) is 5.69 Å². The zero-order chi connectivity index (χ0) is 14.1. The largest absolute Gasteiger partial charge is 0.380 e. The molecule has 1 aromatic carbocycles. The van der Waals surface area contributed by atoms with Crippen molar-refractivity contribution in [2.45, 2.75) is 56.5 Å². The molecule has 2 rings (SSSR count). The number of nitrogens with one attached hydrogen (secondary N) is 2. The smallest absolute Gasteiger partial charge is 0.240 e. The Morgan fingerprint density at radius 1 is 1.16 bits per heavy atom. The van der Waals surface area contributed by atoms with Gasteiger partial charge in [-0.3, -0.25) is 0 Å². The Kier molecular flexibility index (Phi) is 3.87. The summed E-state index contributed by atoms with van der Waals surface area (Å²) in [6, 6.07) is 6.86. The number of hydrogen-bond donors (Lipinski definition) is 2. The van der Waals surface area contributed by atoms with Gasteiger partial charge >= 0.3 is 0 Å². The molecule has 19 heavy (non-hydrogen) atoms. The number of anilines is 1. The fourth-order valence-electron chi connectivity index (χ4n) is 2.28. The summed E-state index contributed by atoms with van der Waals surface area (Å²) in [5.41, 5.74) is 1.15. The monoisotopic (exact) mass is 282 g/mol. The standard InChI is InChI=1S/C14H22N2O2S/c1-11(2)16-19(17,18)13-7-5-12(6-8-13)15-14(3)9-4-10-14/h5-8,11,15-16H,4,9-10H2,1-3H3. The minimum absolute atomic E-state index is 0.100. The van der Waals surface area contributed by atoms with Crippen molar-refractivity contribution in [3.8, 4) is 0 Å². The molecule has 1 aliphatic rings. The van der Waals surface area contributed by atoms with Crippen molar-refractivity contribution in [1.82, 2.24) is 4.72 Å². The van der Waals surface area contributed by atoms with Crippen LogP contribution in [0.5, 0.6) is 0 Å². The third kappa shape index (κ3) is 3.48. The van der Waals surface area contributed by atoms with E-state index in [2.05, 4.69) is 17.0 Å². The molecule has 1 aromatic rings. The molecule has 0 radical (unpaired) electrons. The van der Waals surface area contributed by atoms with Gasteiger partial charge in [-0.05, 0) is 64.3 Å². The van der Waals surface area contributed by atoms with E-state index in [9.17, 15) is 8.42 Å². The summed E-state index contributed by atoms with van der Waals surface area (Å²) in [6.45, 7) is 5.82. The lowest BCUT2D eigenvalue weighted by molar-refractivity contribution is 0.306. The molecule has 0 saturated heterocycles. The number of hydrogen-bond acceptors (Lipinski definition) is 3. The molecule has 5 heteroatoms. The van der Waals surface area contributed by atoms with E-state index in [1.165, 1.54) is 19.3 Å². The van der Waals surface area contributed by atoms with Crippen LogP contribution in [0.2, 0.25) is 0 Å². The normalized spacial score (nSPS) is 18.1. The van der Waals surface area contributed by atoms with Gasteiger partial charge in [0, 0.05) is 17.3 Å². The quantitative estimate of drug-likeness (QED) is 0.873. The molecule has 1 aliphatic carbocycles. The van der Waals surface area contributed by atoms with Crippen molar-refractivity contribution in [1.29, 1.82) is 0 Å². The minimum atomic E-state index is -3.39. The van der Waals surface area contributed by atoms with Crippen LogP contribution in [-0.4, -0.2) is 20.0 Å². The third-order valence-electron chi connectivity index (χ3n) is 3.46. The fraction of sp³-hybridized carbons (Fsp3) is 0.571. The van der Waals surface area contributed by atoms with Crippen LogP contribution >= 0.6 is 0 Å². The molecule has 1 saturated carbocycles. The van der Waals surface area contributed by atoms with Crippen molar-refractivity contribution in [2.24, 2.45) is 0 Å². The van der Waals surface area contributed by atoms with Crippen LogP contribution in [0.3, 0.4) is 0 Å². The Labute approximate surface area is 115 Å². The SMILES string of the molecule is CC(C)NS(=O)(=O)c1ccc(NC2(C)CCC2)cc1. The molecular formula is C14H22N2O2S. The van der Waals surface area contributed by atoms with Crippen molar-refractivity contribution in [2.75, 3.05) is 5.32 Å². The Hall–Kier alpha value is -1.07. The Balaban J connectivity index is 2.10. The average Bonchev–Trinajstić information content (AvgIpc) is 2.26. The number of benzene rings is 1. The lowest BCUT2D eigenvalue weighted by atomic mass is 9.78. The van der Waals surface area contributed by atoms with Gasteiger partial charge in [-0.1, -0.05) is 0 Å². The minimum Gasteiger partial charge on any atom is -0.380 e. The maximum absolute atomic E-state index is 12.0. The van der Waals surface area contributed by atoms with Gasteiger partial charge in [-0.25, -0.2) is 13.1 Å². The van der Waals surface area contributed by atoms with Gasteiger partial charge in [-0.15, -0.1) is 0 Å². The predicted octanol–water partition coefficient (Wildman–Crippen LogP) is 2.73. The van der Waals surface area contributed by atoms with E-state index in [0.717, 1.165) is 5.69 Å². The molecule has 1 fully saturated rings. The van der Waals surface area contributed by atoms with Crippen LogP contribution < -0.4 is 10.0 Å². The zero-order valence-corrected chi connectivity index (χ0v) is 12.5. The van der Waals surface area contributed by atoms with Crippen molar-refractivity contribution < 1.29 is 8.42 Å². The summed E-state index contributed by atoms with van der Waals surface area (Å²) >= 11 is 0. The second kappa shape index (κ2) is 5.13. The molecule has 0 unspecified atom stereocenters. The first-order chi connectivity index (χ1) is 8.81. The molecule has 0 aromatic heterocycles. The topological polar surface area (TPSA) is 58.2 Å². The van der Waals surface area contributed by atoms with Crippen LogP contribution in [0.1, 0.15) is 40.0 Å². The van der Waals surface area contributed by atoms with Gasteiger partial charge in [0.05, 0.1) is 4.90 Å². The molecule has 106 valence electrons. The zero-order valence-electron chi connectivity index (χ0n) is 11.7. The first-order valence-electron chi connectivity index (χ1n) is 6.71. The highest BCUT2D eigenvalue weighted by Crippen LogP contribution is 2.34. The Bertz CT molecular complexity index is 531. The van der Waals surface area contributed by atoms with E-state index in [0.29, 0.717) is 4.90 Å². The van der Waals surface area contributed by atoms with Gasteiger partial charge in [0.15, 0.2) is 0 Å². The fourth-order valence-corrected chi connectivity index (χ4v) is 3.53. The lowest BCUT2D eigenvalue weighted by Gasteiger charge is -2.40. The molecule has 0 heterocycles. The molecular weight excluding hydrogens is 260 g/mol. The van der Waals surface area contributed by atoms with Crippen LogP contribution in [0.25, 0.3) is 0 Å². The molecule has 0 spiro atoms. The van der Waals surface area contributed by atoms with Crippen molar-refractivity contribution in [3.05, 3.63) is 24.3 Å². The van der Waals surface area contributed by atoms with E-state index >= 15 is 0 Å². The maximum atomic E-state index is 12.0. The highest BCUT2D eigenvalue weighted by Gasteiger charge is 2.31. The molecule has 0 atom stereocenters. The summed E-state index contributed by atoms with van der Waals surface area (Å²) < 4.78 is 26.5. The predicted molar refractivity (Wildman–Crippen MR) is 77.8 cm³/mol. The van der Waals surface area contributed by atoms with E-state index < -0.39 is 10.0 Å². The maximum Gasteiger partial charge on any atom is 0.240 e. The summed E-state index contributed by atoms with van der Waals surface area (Å²) in [7, 11) is -3.39. The van der Waals surface area contributed by atoms with Crippen LogP contribution in [0.15, 0.2) is 29.2 Å². The highest BCUT2D eigenvalue weighted by molar-refractivity contribution is 7.89. The van der Waals surface area contributed by atoms with Crippen molar-refractivity contribution in [3.63, 3.8) is 0 Å². The highest BCUT2D eigenvalue weighted by atomic mass is 32.2. The van der Waals surface area contributed by atoms with Gasteiger partial charge in [0.1, 0.15) is 0 Å². The number of sulfonamides is 1. The van der Waals surface area contributed by atoms with Crippen molar-refractivity contribution >= 4 is 15.7 Å². The molecule has 0 amide bonds. The third-order valence-corrected chi connectivity index (χ3v) is 5.13. The molecule has 2 N–H and O–H groups in total. The average molecular weight is 282 g/mol. The second-order valence-electron chi connectivity index (χ2n) is 5.84. The van der Waals surface area contributed by atoms with Gasteiger partial charge < -0.3 is 5.32 Å². The number of rotatable bonds is 5. The van der Waals surface area contributed by atoms with E-state index in [4.69, 9.17) is 0 Å². The summed E-state index contributed by atoms with van der Waals surface area (Å²) in [6.07, 6.45) is 3.60. The van der Waals surface area contributed by atoms with Gasteiger partial charge in [0.2, 0.25) is 10.0 Å². The van der Waals surface area contributed by atoms with E-state index in [1.54, 1.807) is 12.1 Å². The van der Waals surface area contributed by atoms with Crippen LogP contribution in [0, 0.1) is 0 Å². The summed E-state index contributed by atoms with van der Waals surface area (Å²) in [4.78, 5) is 0.311. The summed E-state index contributed by atoms with van der Waals surface area (Å²) in [5.74, 6) is 0. The molecule has 0 bridgehead atoms. The van der Waals surface area contributed by atoms with E-state index in [-0.39, 0.29) is 11.6 Å². The summed E-state index contributed by atoms with van der Waals surface area (Å²) in [5, 5.41) is 3.46. The van der Waals surface area contributed by atoms with Gasteiger partial charge in [0.25, 0.3) is 0 Å². The Morgan fingerprint density at radius 2 is 1.74 bits per heavy atom. The lowest BCUT2D eigenvalue weighted by Crippen LogP contribution is -2.41. The van der Waals surface area contributed by atoms with Crippen LogP contribution in [-0.2, 0) is 10.0 Å².